The third kappa shape index (κ3) is 5.09. The van der Waals surface area contributed by atoms with Crippen LogP contribution in [0.25, 0.3) is 10.9 Å². The first-order valence-electron chi connectivity index (χ1n) is 11.8. The molecule has 0 bridgehead atoms. The minimum absolute atomic E-state index is 0.0174. The molecule has 0 spiro atoms. The van der Waals surface area contributed by atoms with Crippen LogP contribution in [-0.4, -0.2) is 45.1 Å². The Labute approximate surface area is 206 Å². The molecule has 192 valence electrons. The lowest BCUT2D eigenvalue weighted by molar-refractivity contribution is -0.138. The molecule has 36 heavy (non-hydrogen) atoms. The van der Waals surface area contributed by atoms with Gasteiger partial charge in [0.05, 0.1) is 22.6 Å². The minimum Gasteiger partial charge on any atom is -0.392 e. The first-order valence-corrected chi connectivity index (χ1v) is 11.8. The van der Waals surface area contributed by atoms with Crippen molar-refractivity contribution in [2.45, 2.75) is 46.0 Å². The molecule has 4 rings (SSSR count). The maximum atomic E-state index is 13.9. The lowest BCUT2D eigenvalue weighted by Gasteiger charge is -2.38. The van der Waals surface area contributed by atoms with Gasteiger partial charge in [-0.25, -0.2) is 4.98 Å². The third-order valence-corrected chi connectivity index (χ3v) is 6.75. The summed E-state index contributed by atoms with van der Waals surface area (Å²) in [6.07, 6.45) is -5.08. The number of nitrogens with zero attached hydrogens (tertiary/aromatic N) is 2. The molecule has 3 aromatic rings. The first kappa shape index (κ1) is 25.7. The smallest absolute Gasteiger partial charge is 0.392 e. The van der Waals surface area contributed by atoms with Gasteiger partial charge in [0.15, 0.2) is 0 Å². The summed E-state index contributed by atoms with van der Waals surface area (Å²) < 4.78 is 41.6. The quantitative estimate of drug-likeness (QED) is 0.488. The number of nitrogens with one attached hydrogen (secondary N) is 2. The zero-order chi connectivity index (χ0) is 26.4. The van der Waals surface area contributed by atoms with E-state index in [-0.39, 0.29) is 40.0 Å². The molecule has 3 atom stereocenters. The molecule has 3 unspecified atom stereocenters. The third-order valence-electron chi connectivity index (χ3n) is 6.75. The summed E-state index contributed by atoms with van der Waals surface area (Å²) in [4.78, 5) is 33.6. The van der Waals surface area contributed by atoms with Crippen LogP contribution in [0.3, 0.4) is 0 Å². The first-order chi connectivity index (χ1) is 16.8. The average molecular weight is 503 g/mol. The Balaban J connectivity index is 1.57. The molecule has 10 heteroatoms. The number of piperidine rings is 1. The van der Waals surface area contributed by atoms with Gasteiger partial charge in [-0.05, 0) is 67.6 Å². The molecule has 0 radical (unpaired) electrons. The average Bonchev–Trinajstić information content (AvgIpc) is 2.80. The van der Waals surface area contributed by atoms with Crippen LogP contribution in [0.2, 0.25) is 0 Å². The number of benzene rings is 2. The summed E-state index contributed by atoms with van der Waals surface area (Å²) in [5.74, 6) is 0.0150. The summed E-state index contributed by atoms with van der Waals surface area (Å²) in [7, 11) is 0. The molecule has 1 aliphatic rings. The van der Waals surface area contributed by atoms with Crippen molar-refractivity contribution in [3.8, 4) is 0 Å². The van der Waals surface area contributed by atoms with Gasteiger partial charge < -0.3 is 20.3 Å². The maximum absolute atomic E-state index is 13.9. The van der Waals surface area contributed by atoms with Gasteiger partial charge >= 0.3 is 6.18 Å². The van der Waals surface area contributed by atoms with Crippen LogP contribution < -0.4 is 10.9 Å². The fraction of sp³-hybridized carbons (Fsp3) is 0.423. The Hall–Kier alpha value is -3.40. The van der Waals surface area contributed by atoms with E-state index in [1.54, 1.807) is 36.1 Å². The number of hydrogen-bond donors (Lipinski definition) is 3. The minimum atomic E-state index is -4.63. The molecule has 2 aromatic carbocycles. The largest absolute Gasteiger partial charge is 0.416 e. The molecule has 7 nitrogen and oxygen atoms in total. The van der Waals surface area contributed by atoms with E-state index in [4.69, 9.17) is 0 Å². The van der Waals surface area contributed by atoms with E-state index in [0.717, 1.165) is 6.07 Å². The Morgan fingerprint density at radius 2 is 1.78 bits per heavy atom. The van der Waals surface area contributed by atoms with Crippen molar-refractivity contribution in [1.82, 2.24) is 14.9 Å². The van der Waals surface area contributed by atoms with Crippen molar-refractivity contribution >= 4 is 22.5 Å². The van der Waals surface area contributed by atoms with Crippen molar-refractivity contribution in [3.05, 3.63) is 69.3 Å². The van der Waals surface area contributed by atoms with E-state index in [1.807, 2.05) is 13.8 Å². The number of amides is 1. The van der Waals surface area contributed by atoms with Crippen LogP contribution >= 0.6 is 0 Å². The lowest BCUT2D eigenvalue weighted by Crippen LogP contribution is -2.49. The monoisotopic (exact) mass is 502 g/mol. The fourth-order valence-electron chi connectivity index (χ4n) is 4.86. The van der Waals surface area contributed by atoms with Crippen molar-refractivity contribution in [1.29, 1.82) is 0 Å². The van der Waals surface area contributed by atoms with Crippen molar-refractivity contribution in [2.75, 3.05) is 18.4 Å². The van der Waals surface area contributed by atoms with Gasteiger partial charge in [0, 0.05) is 30.4 Å². The molecule has 3 N–H and O–H groups in total. The molecule has 1 aromatic heterocycles. The van der Waals surface area contributed by atoms with E-state index in [9.17, 15) is 27.9 Å². The number of aryl methyl sites for hydroxylation is 1. The van der Waals surface area contributed by atoms with Gasteiger partial charge in [0.25, 0.3) is 11.5 Å². The number of hydrogen-bond acceptors (Lipinski definition) is 5. The summed E-state index contributed by atoms with van der Waals surface area (Å²) in [5.41, 5.74) is -0.485. The zero-order valence-electron chi connectivity index (χ0n) is 20.5. The molecule has 0 saturated carbocycles. The van der Waals surface area contributed by atoms with E-state index >= 15 is 0 Å². The number of carbonyl (C=O) groups excluding carboxylic acids is 1. The number of anilines is 1. The van der Waals surface area contributed by atoms with Gasteiger partial charge in [-0.15, -0.1) is 0 Å². The van der Waals surface area contributed by atoms with E-state index < -0.39 is 29.4 Å². The predicted molar refractivity (Wildman–Crippen MR) is 131 cm³/mol. The van der Waals surface area contributed by atoms with Gasteiger partial charge in [-0.3, -0.25) is 9.59 Å². The Bertz CT molecular complexity index is 1330. The summed E-state index contributed by atoms with van der Waals surface area (Å²) in [5, 5.41) is 13.3. The standard InChI is InChI=1S/C26H29F3N4O3/c1-13-11-33(12-14(2)23(13)34)25(36)17-5-7-18(8-6-17)30-15(3)19-9-20-22(10-21(19)26(27,28)29)31-16(4)32-24(20)35/h5-10,13-15,23,30,34H,11-12H2,1-4H3,(H,31,32,35). The number of carbonyl (C=O) groups is 1. The SMILES string of the molecule is Cc1nc2cc(C(F)(F)F)c(C(C)Nc3ccc(C(=O)N4CC(C)C(O)C(C)C4)cc3)cc2c(=O)[nH]1. The van der Waals surface area contributed by atoms with Gasteiger partial charge in [-0.2, -0.15) is 13.2 Å². The summed E-state index contributed by atoms with van der Waals surface area (Å²) in [6, 6.07) is 7.87. The Kier molecular flexibility index (Phi) is 6.83. The van der Waals surface area contributed by atoms with Crippen LogP contribution in [0.1, 0.15) is 54.1 Å². The molecular weight excluding hydrogens is 473 g/mol. The Morgan fingerprint density at radius 3 is 2.36 bits per heavy atom. The molecular formula is C26H29F3N4O3. The zero-order valence-corrected chi connectivity index (χ0v) is 20.5. The molecule has 2 heterocycles. The summed E-state index contributed by atoms with van der Waals surface area (Å²) in [6.45, 7) is 7.81. The summed E-state index contributed by atoms with van der Waals surface area (Å²) >= 11 is 0. The number of aromatic amines is 1. The number of aromatic nitrogens is 2. The molecule has 1 fully saturated rings. The number of H-pyrrole nitrogens is 1. The number of halogens is 3. The second-order valence-electron chi connectivity index (χ2n) is 9.70. The van der Waals surface area contributed by atoms with Gasteiger partial charge in [-0.1, -0.05) is 13.8 Å². The van der Waals surface area contributed by atoms with Gasteiger partial charge in [0.1, 0.15) is 5.82 Å². The maximum Gasteiger partial charge on any atom is 0.416 e. The lowest BCUT2D eigenvalue weighted by atomic mass is 9.88. The van der Waals surface area contributed by atoms with Crippen LogP contribution in [0.5, 0.6) is 0 Å². The number of aliphatic hydroxyl groups is 1. The van der Waals surface area contributed by atoms with Crippen LogP contribution in [0.15, 0.2) is 41.2 Å². The number of rotatable bonds is 4. The van der Waals surface area contributed by atoms with Crippen LogP contribution in [0.4, 0.5) is 18.9 Å². The van der Waals surface area contributed by atoms with Crippen molar-refractivity contribution in [3.63, 3.8) is 0 Å². The normalized spacial score (nSPS) is 21.4. The van der Waals surface area contributed by atoms with Crippen molar-refractivity contribution < 1.29 is 23.1 Å². The van der Waals surface area contributed by atoms with E-state index in [1.165, 1.54) is 13.0 Å². The highest BCUT2D eigenvalue weighted by molar-refractivity contribution is 5.94. The molecule has 1 saturated heterocycles. The second kappa shape index (κ2) is 9.57. The fourth-order valence-corrected chi connectivity index (χ4v) is 4.86. The van der Waals surface area contributed by atoms with Gasteiger partial charge in [0.2, 0.25) is 0 Å². The number of alkyl halides is 3. The number of likely N-dealkylation sites (tertiary alicyclic amines) is 1. The van der Waals surface area contributed by atoms with Crippen molar-refractivity contribution in [2.24, 2.45) is 11.8 Å². The highest BCUT2D eigenvalue weighted by atomic mass is 19.4. The van der Waals surface area contributed by atoms with E-state index in [2.05, 4.69) is 15.3 Å². The predicted octanol–water partition coefficient (Wildman–Crippen LogP) is 4.51. The number of fused-ring (bicyclic) bond motifs is 1. The Morgan fingerprint density at radius 1 is 1.17 bits per heavy atom. The van der Waals surface area contributed by atoms with Crippen LogP contribution in [0, 0.1) is 18.8 Å². The molecule has 1 aliphatic heterocycles. The second-order valence-corrected chi connectivity index (χ2v) is 9.70. The highest BCUT2D eigenvalue weighted by Gasteiger charge is 2.36. The van der Waals surface area contributed by atoms with Crippen LogP contribution in [-0.2, 0) is 6.18 Å². The topological polar surface area (TPSA) is 98.3 Å². The number of aliphatic hydroxyl groups excluding tert-OH is 1. The molecule has 0 aliphatic carbocycles. The van der Waals surface area contributed by atoms with E-state index in [0.29, 0.717) is 24.3 Å². The molecule has 1 amide bonds. The highest BCUT2D eigenvalue weighted by Crippen LogP contribution is 2.37.